The lowest BCUT2D eigenvalue weighted by molar-refractivity contribution is -0.138. The summed E-state index contributed by atoms with van der Waals surface area (Å²) in [7, 11) is 0. The van der Waals surface area contributed by atoms with Gasteiger partial charge in [0.25, 0.3) is 0 Å². The van der Waals surface area contributed by atoms with E-state index in [0.29, 0.717) is 17.7 Å². The summed E-state index contributed by atoms with van der Waals surface area (Å²) >= 11 is 1.07. The number of amides is 1. The Morgan fingerprint density at radius 1 is 1.46 bits per heavy atom. The van der Waals surface area contributed by atoms with Gasteiger partial charge in [-0.1, -0.05) is 37.7 Å². The van der Waals surface area contributed by atoms with Crippen molar-refractivity contribution in [2.45, 2.75) is 38.9 Å². The number of nitrogens with one attached hydrogen (secondary N) is 1. The number of thioether (sulfide) groups is 1. The highest BCUT2D eigenvalue weighted by atomic mass is 32.2. The van der Waals surface area contributed by atoms with E-state index in [1.807, 2.05) is 25.1 Å². The first-order valence-corrected chi connectivity index (χ1v) is 9.27. The van der Waals surface area contributed by atoms with Gasteiger partial charge in [0, 0.05) is 0 Å². The van der Waals surface area contributed by atoms with Gasteiger partial charge in [0.1, 0.15) is 11.0 Å². The van der Waals surface area contributed by atoms with Crippen LogP contribution in [-0.2, 0) is 9.59 Å². The van der Waals surface area contributed by atoms with Crippen LogP contribution in [0, 0.1) is 12.8 Å². The minimum atomic E-state index is -1.02. The Bertz CT molecular complexity index is 731. The second kappa shape index (κ2) is 9.38. The second-order valence-electron chi connectivity index (χ2n) is 6.40. The fourth-order valence-electron chi connectivity index (χ4n) is 2.15. The fraction of sp³-hybridized carbons (Fsp3) is 0.444. The van der Waals surface area contributed by atoms with E-state index in [-0.39, 0.29) is 12.3 Å². The molecule has 2 N–H and O–H groups in total. The van der Waals surface area contributed by atoms with Crippen LogP contribution in [0.4, 0.5) is 0 Å². The van der Waals surface area contributed by atoms with Crippen LogP contribution in [-0.4, -0.2) is 40.2 Å². The number of benzene rings is 1. The number of rotatable bonds is 8. The third-order valence-electron chi connectivity index (χ3n) is 3.66. The van der Waals surface area contributed by atoms with Crippen LogP contribution in [0.25, 0.3) is 0 Å². The topological polar surface area (TPSA) is 100 Å². The molecule has 0 aliphatic carbocycles. The fourth-order valence-corrected chi connectivity index (χ4v) is 3.07. The monoisotopic (exact) mass is 377 g/mol. The van der Waals surface area contributed by atoms with Gasteiger partial charge in [-0.05, 0) is 36.5 Å². The summed E-state index contributed by atoms with van der Waals surface area (Å²) < 4.78 is 5.82. The Balaban J connectivity index is 1.97. The number of ether oxygens (including phenoxy) is 1. The van der Waals surface area contributed by atoms with Crippen LogP contribution < -0.4 is 10.1 Å². The third kappa shape index (κ3) is 6.18. The van der Waals surface area contributed by atoms with Crippen molar-refractivity contribution in [3.8, 4) is 5.75 Å². The molecule has 1 heterocycles. The highest BCUT2D eigenvalue weighted by Crippen LogP contribution is 2.22. The van der Waals surface area contributed by atoms with Gasteiger partial charge < -0.3 is 15.2 Å². The number of nitrogens with zero attached hydrogens (tertiary/aromatic N) is 2. The van der Waals surface area contributed by atoms with E-state index in [0.717, 1.165) is 35.1 Å². The summed E-state index contributed by atoms with van der Waals surface area (Å²) in [4.78, 5) is 22.3. The molecule has 0 radical (unpaired) electrons. The second-order valence-corrected chi connectivity index (χ2v) is 7.59. The number of carboxylic acids is 1. The SMILES string of the molecule is Cc1ccc(C=NN=C2NC(=O)C(CC(=O)O)S2)cc1OCCC(C)C. The molecule has 8 heteroatoms. The highest BCUT2D eigenvalue weighted by molar-refractivity contribution is 8.15. The summed E-state index contributed by atoms with van der Waals surface area (Å²) in [5, 5.41) is 18.9. The molecular weight excluding hydrogens is 354 g/mol. The molecule has 1 saturated heterocycles. The molecule has 1 aromatic carbocycles. The lowest BCUT2D eigenvalue weighted by Gasteiger charge is -2.11. The molecule has 0 bridgehead atoms. The van der Waals surface area contributed by atoms with E-state index < -0.39 is 11.2 Å². The quantitative estimate of drug-likeness (QED) is 0.536. The van der Waals surface area contributed by atoms with E-state index in [4.69, 9.17) is 9.84 Å². The lowest BCUT2D eigenvalue weighted by atomic mass is 10.1. The normalized spacial score (nSPS) is 18.7. The third-order valence-corrected chi connectivity index (χ3v) is 4.73. The van der Waals surface area contributed by atoms with Crippen LogP contribution in [0.5, 0.6) is 5.75 Å². The number of aryl methyl sites for hydroxylation is 1. The van der Waals surface area contributed by atoms with Crippen molar-refractivity contribution in [1.82, 2.24) is 5.32 Å². The van der Waals surface area contributed by atoms with Gasteiger partial charge in [-0.3, -0.25) is 9.59 Å². The summed E-state index contributed by atoms with van der Waals surface area (Å²) in [5.74, 6) is 0.0156. The van der Waals surface area contributed by atoms with E-state index in [2.05, 4.69) is 29.4 Å². The van der Waals surface area contributed by atoms with Crippen molar-refractivity contribution in [2.75, 3.05) is 6.61 Å². The summed E-state index contributed by atoms with van der Waals surface area (Å²) in [6, 6.07) is 5.75. The van der Waals surface area contributed by atoms with Gasteiger partial charge in [0.2, 0.25) is 5.91 Å². The maximum atomic E-state index is 11.6. The van der Waals surface area contributed by atoms with E-state index >= 15 is 0 Å². The van der Waals surface area contributed by atoms with Gasteiger partial charge in [0.15, 0.2) is 5.17 Å². The molecule has 1 aromatic rings. The van der Waals surface area contributed by atoms with Crippen molar-refractivity contribution in [2.24, 2.45) is 16.1 Å². The molecule has 7 nitrogen and oxygen atoms in total. The average Bonchev–Trinajstić information content (AvgIpc) is 2.89. The predicted molar refractivity (Wildman–Crippen MR) is 103 cm³/mol. The van der Waals surface area contributed by atoms with E-state index in [9.17, 15) is 9.59 Å². The van der Waals surface area contributed by atoms with Gasteiger partial charge >= 0.3 is 5.97 Å². The Hall–Kier alpha value is -2.35. The van der Waals surface area contributed by atoms with Gasteiger partial charge in [0.05, 0.1) is 19.2 Å². The zero-order chi connectivity index (χ0) is 19.1. The summed E-state index contributed by atoms with van der Waals surface area (Å²) in [6.45, 7) is 6.95. The molecule has 0 aromatic heterocycles. The Morgan fingerprint density at radius 2 is 2.23 bits per heavy atom. The van der Waals surface area contributed by atoms with Crippen molar-refractivity contribution >= 4 is 35.0 Å². The number of hydrogen-bond acceptors (Lipinski definition) is 6. The molecule has 1 fully saturated rings. The first-order valence-electron chi connectivity index (χ1n) is 8.39. The number of carboxylic acid groups (broad SMARTS) is 1. The molecule has 2 rings (SSSR count). The van der Waals surface area contributed by atoms with Crippen LogP contribution >= 0.6 is 11.8 Å². The number of hydrogen-bond donors (Lipinski definition) is 2. The van der Waals surface area contributed by atoms with Crippen LogP contribution in [0.15, 0.2) is 28.4 Å². The number of carbonyl (C=O) groups is 2. The Morgan fingerprint density at radius 3 is 2.92 bits per heavy atom. The molecule has 1 amide bonds. The van der Waals surface area contributed by atoms with Crippen LogP contribution in [0.2, 0.25) is 0 Å². The molecule has 0 spiro atoms. The highest BCUT2D eigenvalue weighted by Gasteiger charge is 2.32. The summed E-state index contributed by atoms with van der Waals surface area (Å²) in [5.41, 5.74) is 1.88. The molecule has 140 valence electrons. The zero-order valence-corrected chi connectivity index (χ0v) is 15.9. The lowest BCUT2D eigenvalue weighted by Crippen LogP contribution is -2.26. The first kappa shape index (κ1) is 20.0. The molecule has 0 saturated carbocycles. The molecule has 1 aliphatic heterocycles. The van der Waals surface area contributed by atoms with Crippen LogP contribution in [0.3, 0.4) is 0 Å². The first-order chi connectivity index (χ1) is 12.3. The smallest absolute Gasteiger partial charge is 0.305 e. The molecular formula is C18H23N3O4S. The zero-order valence-electron chi connectivity index (χ0n) is 15.1. The van der Waals surface area contributed by atoms with Gasteiger partial charge in [-0.15, -0.1) is 5.10 Å². The van der Waals surface area contributed by atoms with E-state index in [1.165, 1.54) is 0 Å². The maximum Gasteiger partial charge on any atom is 0.305 e. The van der Waals surface area contributed by atoms with Crippen molar-refractivity contribution in [3.05, 3.63) is 29.3 Å². The van der Waals surface area contributed by atoms with E-state index in [1.54, 1.807) is 6.21 Å². The Kier molecular flexibility index (Phi) is 7.20. The number of amidine groups is 1. The molecule has 1 atom stereocenters. The number of aliphatic carboxylic acids is 1. The number of carbonyl (C=O) groups excluding carboxylic acids is 1. The van der Waals surface area contributed by atoms with Crippen molar-refractivity contribution < 1.29 is 19.4 Å². The molecule has 1 aliphatic rings. The molecule has 1 unspecified atom stereocenters. The van der Waals surface area contributed by atoms with Gasteiger partial charge in [-0.2, -0.15) is 5.10 Å². The molecule has 26 heavy (non-hydrogen) atoms. The Labute approximate surface area is 156 Å². The van der Waals surface area contributed by atoms with Crippen LogP contribution in [0.1, 0.15) is 37.8 Å². The minimum Gasteiger partial charge on any atom is -0.493 e. The predicted octanol–water partition coefficient (Wildman–Crippen LogP) is 2.82. The average molecular weight is 377 g/mol. The largest absolute Gasteiger partial charge is 0.493 e. The van der Waals surface area contributed by atoms with Crippen molar-refractivity contribution in [3.63, 3.8) is 0 Å². The minimum absolute atomic E-state index is 0.242. The van der Waals surface area contributed by atoms with Gasteiger partial charge in [-0.25, -0.2) is 0 Å². The standard InChI is InChI=1S/C18H23N3O4S/c1-11(2)6-7-25-14-8-13(5-4-12(14)3)10-19-21-18-20-17(24)15(26-18)9-16(22)23/h4-5,8,10-11,15H,6-7,9H2,1-3H3,(H,22,23)(H,20,21,24). The maximum absolute atomic E-state index is 11.6. The van der Waals surface area contributed by atoms with Crippen molar-refractivity contribution in [1.29, 1.82) is 0 Å². The summed E-state index contributed by atoms with van der Waals surface area (Å²) in [6.07, 6.45) is 2.31.